The third-order valence-electron chi connectivity index (χ3n) is 6.61. The Bertz CT molecular complexity index is 1290. The fourth-order valence-corrected chi connectivity index (χ4v) is 5.03. The van der Waals surface area contributed by atoms with Crippen LogP contribution in [0.15, 0.2) is 90.2 Å². The molecule has 3 aromatic carbocycles. The van der Waals surface area contributed by atoms with Crippen molar-refractivity contribution in [3.05, 3.63) is 124 Å². The van der Waals surface area contributed by atoms with Gasteiger partial charge in [0.1, 0.15) is 17.3 Å². The number of carbonyl (C=O) groups excluding carboxylic acids is 1. The van der Waals surface area contributed by atoms with Gasteiger partial charge in [-0.05, 0) is 60.7 Å². The molecule has 0 bridgehead atoms. The van der Waals surface area contributed by atoms with E-state index in [-0.39, 0.29) is 11.5 Å². The number of aryl methyl sites for hydroxylation is 2. The molecule has 1 aliphatic carbocycles. The third kappa shape index (κ3) is 3.50. The average molecular weight is 435 g/mol. The van der Waals surface area contributed by atoms with Gasteiger partial charge in [0.05, 0.1) is 5.56 Å². The van der Waals surface area contributed by atoms with E-state index in [2.05, 4.69) is 24.8 Å². The lowest BCUT2D eigenvalue weighted by molar-refractivity contribution is -0.115. The van der Waals surface area contributed by atoms with E-state index in [9.17, 15) is 9.90 Å². The molecule has 2 aliphatic rings. The van der Waals surface area contributed by atoms with Gasteiger partial charge in [0.2, 0.25) is 0 Å². The van der Waals surface area contributed by atoms with Crippen LogP contribution in [0.5, 0.6) is 5.75 Å². The Morgan fingerprint density at radius 3 is 2.27 bits per heavy atom. The molecule has 1 unspecified atom stereocenters. The summed E-state index contributed by atoms with van der Waals surface area (Å²) in [7, 11) is 0. The fourth-order valence-electron chi connectivity index (χ4n) is 5.03. The highest BCUT2D eigenvalue weighted by Gasteiger charge is 2.37. The summed E-state index contributed by atoms with van der Waals surface area (Å²) in [6.07, 6.45) is 0.337. The number of ether oxygens (including phenoxy) is 1. The van der Waals surface area contributed by atoms with Crippen molar-refractivity contribution >= 4 is 17.1 Å². The molecule has 1 heterocycles. The normalized spacial score (nSPS) is 16.3. The second kappa shape index (κ2) is 7.93. The van der Waals surface area contributed by atoms with E-state index in [4.69, 9.17) is 4.74 Å². The summed E-state index contributed by atoms with van der Waals surface area (Å²) in [5.74, 6) is 0.618. The molecule has 0 radical (unpaired) electrons. The van der Waals surface area contributed by atoms with Crippen LogP contribution in [0.4, 0.5) is 0 Å². The largest absolute Gasteiger partial charge is 0.507 e. The first kappa shape index (κ1) is 21.0. The van der Waals surface area contributed by atoms with Gasteiger partial charge in [-0.2, -0.15) is 0 Å². The van der Waals surface area contributed by atoms with E-state index in [1.807, 2.05) is 69.3 Å². The Hall–Kier alpha value is -3.85. The van der Waals surface area contributed by atoms with Gasteiger partial charge in [0.15, 0.2) is 5.78 Å². The van der Waals surface area contributed by atoms with Gasteiger partial charge in [-0.25, -0.2) is 0 Å². The van der Waals surface area contributed by atoms with Crippen molar-refractivity contribution in [3.8, 4) is 5.75 Å². The molecule has 0 saturated carbocycles. The molecule has 33 heavy (non-hydrogen) atoms. The molecule has 0 aromatic heterocycles. The van der Waals surface area contributed by atoms with E-state index in [0.29, 0.717) is 34.6 Å². The smallest absolute Gasteiger partial charge is 0.164 e. The highest BCUT2D eigenvalue weighted by Crippen LogP contribution is 2.48. The predicted molar refractivity (Wildman–Crippen MR) is 132 cm³/mol. The first-order valence-electron chi connectivity index (χ1n) is 11.1. The van der Waals surface area contributed by atoms with Crippen LogP contribution in [0.3, 0.4) is 0 Å². The lowest BCUT2D eigenvalue weighted by atomic mass is 9.73. The van der Waals surface area contributed by atoms with Crippen LogP contribution >= 0.6 is 0 Å². The van der Waals surface area contributed by atoms with Gasteiger partial charge in [-0.1, -0.05) is 66.7 Å². The molecule has 164 valence electrons. The minimum atomic E-state index is -0.491. The summed E-state index contributed by atoms with van der Waals surface area (Å²) < 4.78 is 6.10. The quantitative estimate of drug-likeness (QED) is 0.490. The number of allylic oxidation sites excluding steroid dienone is 3. The molecule has 0 fully saturated rings. The Morgan fingerprint density at radius 1 is 0.879 bits per heavy atom. The van der Waals surface area contributed by atoms with Crippen molar-refractivity contribution in [2.24, 2.45) is 0 Å². The molecule has 1 aliphatic heterocycles. The molecule has 0 spiro atoms. The standard InChI is InChI=1S/C30H26O3/c1-17-10-12-23-19(3)27(25(31)16-22(23)14-17)29(21-8-6-5-7-9-21)28-20(4)33-26-15-18(2)11-13-24(26)30(28)32/h5-15,29,32H,4,16H2,1-3H3. The van der Waals surface area contributed by atoms with Crippen LogP contribution in [-0.2, 0) is 11.2 Å². The number of ketones is 1. The highest BCUT2D eigenvalue weighted by molar-refractivity contribution is 6.09. The number of aliphatic hydroxyl groups excluding tert-OH is 1. The molecule has 3 nitrogen and oxygen atoms in total. The zero-order valence-electron chi connectivity index (χ0n) is 19.1. The zero-order valence-corrected chi connectivity index (χ0v) is 19.1. The summed E-state index contributed by atoms with van der Waals surface area (Å²) in [4.78, 5) is 13.6. The number of rotatable bonds is 3. The van der Waals surface area contributed by atoms with E-state index in [1.54, 1.807) is 0 Å². The Kier molecular flexibility index (Phi) is 5.05. The van der Waals surface area contributed by atoms with Crippen LogP contribution in [-0.4, -0.2) is 10.9 Å². The lowest BCUT2D eigenvalue weighted by Crippen LogP contribution is -2.24. The maximum absolute atomic E-state index is 13.6. The molecule has 3 heteroatoms. The summed E-state index contributed by atoms with van der Waals surface area (Å²) in [5, 5.41) is 11.5. The summed E-state index contributed by atoms with van der Waals surface area (Å²) in [6, 6.07) is 21.8. The van der Waals surface area contributed by atoms with Crippen LogP contribution in [0.1, 0.15) is 46.2 Å². The van der Waals surface area contributed by atoms with Crippen molar-refractivity contribution in [1.29, 1.82) is 0 Å². The number of hydrogen-bond acceptors (Lipinski definition) is 3. The molecule has 1 atom stereocenters. The molecule has 0 saturated heterocycles. The third-order valence-corrected chi connectivity index (χ3v) is 6.61. The second-order valence-electron chi connectivity index (χ2n) is 8.93. The summed E-state index contributed by atoms with van der Waals surface area (Å²) in [6.45, 7) is 10.2. The topological polar surface area (TPSA) is 46.5 Å². The number of Topliss-reactive ketones (excluding diaryl/α,β-unsaturated/α-hetero) is 1. The van der Waals surface area contributed by atoms with Crippen LogP contribution in [0, 0.1) is 13.8 Å². The fraction of sp³-hybridized carbons (Fsp3) is 0.167. The van der Waals surface area contributed by atoms with Crippen LogP contribution < -0.4 is 4.74 Å². The Balaban J connectivity index is 1.78. The van der Waals surface area contributed by atoms with Crippen LogP contribution in [0.25, 0.3) is 11.3 Å². The average Bonchev–Trinajstić information content (AvgIpc) is 2.78. The van der Waals surface area contributed by atoms with Crippen molar-refractivity contribution < 1.29 is 14.6 Å². The molecule has 3 aromatic rings. The highest BCUT2D eigenvalue weighted by atomic mass is 16.5. The van der Waals surface area contributed by atoms with E-state index in [0.717, 1.165) is 33.4 Å². The monoisotopic (exact) mass is 434 g/mol. The first-order chi connectivity index (χ1) is 15.8. The van der Waals surface area contributed by atoms with Gasteiger partial charge >= 0.3 is 0 Å². The minimum Gasteiger partial charge on any atom is -0.507 e. The minimum absolute atomic E-state index is 0.0576. The second-order valence-corrected chi connectivity index (χ2v) is 8.93. The number of aliphatic hydroxyl groups is 1. The van der Waals surface area contributed by atoms with Gasteiger partial charge in [-0.15, -0.1) is 0 Å². The number of carbonyl (C=O) groups is 1. The van der Waals surface area contributed by atoms with Gasteiger partial charge in [0.25, 0.3) is 0 Å². The summed E-state index contributed by atoms with van der Waals surface area (Å²) >= 11 is 0. The zero-order chi connectivity index (χ0) is 23.3. The number of fused-ring (bicyclic) bond motifs is 2. The van der Waals surface area contributed by atoms with Crippen molar-refractivity contribution in [1.82, 2.24) is 0 Å². The van der Waals surface area contributed by atoms with Crippen LogP contribution in [0.2, 0.25) is 0 Å². The predicted octanol–water partition coefficient (Wildman–Crippen LogP) is 6.86. The van der Waals surface area contributed by atoms with Crippen molar-refractivity contribution in [2.75, 3.05) is 0 Å². The van der Waals surface area contributed by atoms with Gasteiger partial charge in [-0.3, -0.25) is 4.79 Å². The molecular weight excluding hydrogens is 408 g/mol. The molecular formula is C30H26O3. The maximum atomic E-state index is 13.6. The van der Waals surface area contributed by atoms with E-state index < -0.39 is 5.92 Å². The maximum Gasteiger partial charge on any atom is 0.164 e. The van der Waals surface area contributed by atoms with Gasteiger partial charge < -0.3 is 9.84 Å². The number of benzene rings is 3. The van der Waals surface area contributed by atoms with Crippen molar-refractivity contribution in [3.63, 3.8) is 0 Å². The van der Waals surface area contributed by atoms with E-state index in [1.165, 1.54) is 0 Å². The molecule has 5 rings (SSSR count). The first-order valence-corrected chi connectivity index (χ1v) is 11.1. The Labute approximate surface area is 194 Å². The molecule has 1 N–H and O–H groups in total. The lowest BCUT2D eigenvalue weighted by Gasteiger charge is -2.32. The Morgan fingerprint density at radius 2 is 1.55 bits per heavy atom. The molecule has 0 amide bonds. The number of hydrogen-bond donors (Lipinski definition) is 1. The summed E-state index contributed by atoms with van der Waals surface area (Å²) in [5.41, 5.74) is 7.97. The SMILES string of the molecule is C=C1Oc2cc(C)ccc2C(O)=C1C(C1=C(C)c2ccc(C)cc2CC1=O)c1ccccc1. The van der Waals surface area contributed by atoms with Gasteiger partial charge in [0, 0.05) is 23.5 Å². The van der Waals surface area contributed by atoms with E-state index >= 15 is 0 Å². The van der Waals surface area contributed by atoms with Crippen molar-refractivity contribution in [2.45, 2.75) is 33.1 Å².